The number of para-hydroxylation sites is 1. The van der Waals surface area contributed by atoms with Gasteiger partial charge in [0.1, 0.15) is 11.9 Å². The van der Waals surface area contributed by atoms with Crippen LogP contribution in [0.3, 0.4) is 0 Å². The SMILES string of the molecule is C=CCc1ccccc1OC(C)/C(C)=C\C.CC. The van der Waals surface area contributed by atoms with Crippen molar-refractivity contribution >= 4 is 0 Å². The largest absolute Gasteiger partial charge is 0.486 e. The second-order valence-corrected chi connectivity index (χ2v) is 3.89. The Bertz CT molecular complexity index is 377. The first-order chi connectivity index (χ1) is 8.69. The Morgan fingerprint density at radius 2 is 1.94 bits per heavy atom. The van der Waals surface area contributed by atoms with Crippen molar-refractivity contribution in [2.75, 3.05) is 0 Å². The molecule has 0 aliphatic heterocycles. The summed E-state index contributed by atoms with van der Waals surface area (Å²) < 4.78 is 5.93. The summed E-state index contributed by atoms with van der Waals surface area (Å²) in [5, 5.41) is 0. The van der Waals surface area contributed by atoms with Crippen LogP contribution in [0.4, 0.5) is 0 Å². The van der Waals surface area contributed by atoms with Crippen LogP contribution in [0.5, 0.6) is 5.75 Å². The third-order valence-electron chi connectivity index (χ3n) is 2.74. The fraction of sp³-hybridized carbons (Fsp3) is 0.412. The smallest absolute Gasteiger partial charge is 0.123 e. The van der Waals surface area contributed by atoms with Gasteiger partial charge in [-0.2, -0.15) is 0 Å². The van der Waals surface area contributed by atoms with E-state index in [-0.39, 0.29) is 6.10 Å². The molecular formula is C17H26O. The van der Waals surface area contributed by atoms with Crippen LogP contribution >= 0.6 is 0 Å². The van der Waals surface area contributed by atoms with E-state index in [0.29, 0.717) is 0 Å². The van der Waals surface area contributed by atoms with Crippen molar-refractivity contribution in [2.24, 2.45) is 0 Å². The fourth-order valence-electron chi connectivity index (χ4n) is 1.46. The molecule has 0 heterocycles. The normalized spacial score (nSPS) is 12.2. The third kappa shape index (κ3) is 5.22. The lowest BCUT2D eigenvalue weighted by Crippen LogP contribution is -2.13. The molecule has 1 unspecified atom stereocenters. The van der Waals surface area contributed by atoms with Crippen LogP contribution in [0.25, 0.3) is 0 Å². The van der Waals surface area contributed by atoms with Crippen molar-refractivity contribution in [3.8, 4) is 5.75 Å². The Morgan fingerprint density at radius 1 is 1.33 bits per heavy atom. The molecule has 1 aromatic rings. The number of ether oxygens (including phenoxy) is 1. The van der Waals surface area contributed by atoms with Gasteiger partial charge in [0, 0.05) is 0 Å². The van der Waals surface area contributed by atoms with Gasteiger partial charge in [0.25, 0.3) is 0 Å². The molecule has 0 radical (unpaired) electrons. The summed E-state index contributed by atoms with van der Waals surface area (Å²) in [5.74, 6) is 0.955. The molecule has 0 fully saturated rings. The van der Waals surface area contributed by atoms with E-state index >= 15 is 0 Å². The van der Waals surface area contributed by atoms with Crippen LogP contribution in [-0.4, -0.2) is 6.10 Å². The monoisotopic (exact) mass is 246 g/mol. The molecule has 1 heteroatoms. The van der Waals surface area contributed by atoms with Gasteiger partial charge in [0.15, 0.2) is 0 Å². The van der Waals surface area contributed by atoms with Crippen molar-refractivity contribution in [3.05, 3.63) is 54.1 Å². The quantitative estimate of drug-likeness (QED) is 0.651. The van der Waals surface area contributed by atoms with Gasteiger partial charge in [0.05, 0.1) is 0 Å². The van der Waals surface area contributed by atoms with Gasteiger partial charge in [-0.05, 0) is 44.4 Å². The molecule has 0 saturated carbocycles. The summed E-state index contributed by atoms with van der Waals surface area (Å²) in [7, 11) is 0. The Kier molecular flexibility index (Phi) is 8.73. The van der Waals surface area contributed by atoms with Gasteiger partial charge in [-0.25, -0.2) is 0 Å². The Labute approximate surface area is 112 Å². The van der Waals surface area contributed by atoms with E-state index in [1.165, 1.54) is 11.1 Å². The molecule has 1 rings (SSSR count). The van der Waals surface area contributed by atoms with Crippen LogP contribution in [-0.2, 0) is 6.42 Å². The maximum atomic E-state index is 5.93. The van der Waals surface area contributed by atoms with Crippen molar-refractivity contribution < 1.29 is 4.74 Å². The standard InChI is InChI=1S/C15H20O.C2H6/c1-5-9-14-10-7-8-11-15(14)16-13(4)12(3)6-2;1-2/h5-8,10-11,13H,1,9H2,2-4H3;1-2H3/b12-6-;. The molecule has 0 bridgehead atoms. The molecule has 0 amide bonds. The van der Waals surface area contributed by atoms with Gasteiger partial charge in [0.2, 0.25) is 0 Å². The summed E-state index contributed by atoms with van der Waals surface area (Å²) in [6.45, 7) is 13.9. The van der Waals surface area contributed by atoms with Gasteiger partial charge < -0.3 is 4.74 Å². The molecule has 0 aromatic heterocycles. The fourth-order valence-corrected chi connectivity index (χ4v) is 1.46. The number of benzene rings is 1. The molecule has 0 spiro atoms. The third-order valence-corrected chi connectivity index (χ3v) is 2.74. The number of hydrogen-bond donors (Lipinski definition) is 0. The van der Waals surface area contributed by atoms with E-state index < -0.39 is 0 Å². The van der Waals surface area contributed by atoms with Crippen LogP contribution in [0.1, 0.15) is 40.2 Å². The lowest BCUT2D eigenvalue weighted by Gasteiger charge is -2.17. The van der Waals surface area contributed by atoms with Crippen LogP contribution < -0.4 is 4.74 Å². The minimum Gasteiger partial charge on any atom is -0.486 e. The predicted molar refractivity (Wildman–Crippen MR) is 81.2 cm³/mol. The summed E-state index contributed by atoms with van der Waals surface area (Å²) in [6.07, 6.45) is 4.95. The van der Waals surface area contributed by atoms with Gasteiger partial charge in [-0.3, -0.25) is 0 Å². The first-order valence-electron chi connectivity index (χ1n) is 6.67. The van der Waals surface area contributed by atoms with E-state index in [2.05, 4.69) is 32.6 Å². The summed E-state index contributed by atoms with van der Waals surface area (Å²) >= 11 is 0. The zero-order valence-corrected chi connectivity index (χ0v) is 12.4. The Hall–Kier alpha value is -1.50. The molecule has 1 atom stereocenters. The first kappa shape index (κ1) is 16.5. The average Bonchev–Trinajstić information content (AvgIpc) is 2.42. The molecule has 0 saturated heterocycles. The first-order valence-corrected chi connectivity index (χ1v) is 6.67. The van der Waals surface area contributed by atoms with Crippen LogP contribution in [0, 0.1) is 0 Å². The van der Waals surface area contributed by atoms with E-state index in [0.717, 1.165) is 12.2 Å². The van der Waals surface area contributed by atoms with Crippen molar-refractivity contribution in [2.45, 2.75) is 47.1 Å². The number of hydrogen-bond acceptors (Lipinski definition) is 1. The topological polar surface area (TPSA) is 9.23 Å². The highest BCUT2D eigenvalue weighted by atomic mass is 16.5. The predicted octanol–water partition coefficient (Wildman–Crippen LogP) is 5.17. The lowest BCUT2D eigenvalue weighted by atomic mass is 10.1. The van der Waals surface area contributed by atoms with E-state index in [4.69, 9.17) is 4.74 Å². The summed E-state index contributed by atoms with van der Waals surface area (Å²) in [6, 6.07) is 8.12. The molecule has 0 aliphatic carbocycles. The molecule has 0 aliphatic rings. The maximum Gasteiger partial charge on any atom is 0.123 e. The van der Waals surface area contributed by atoms with Crippen molar-refractivity contribution in [3.63, 3.8) is 0 Å². The Morgan fingerprint density at radius 3 is 2.50 bits per heavy atom. The molecule has 1 nitrogen and oxygen atoms in total. The molecule has 1 aromatic carbocycles. The van der Waals surface area contributed by atoms with Gasteiger partial charge in [-0.15, -0.1) is 6.58 Å². The Balaban J connectivity index is 0.00000137. The van der Waals surface area contributed by atoms with E-state index in [1.54, 1.807) is 0 Å². The highest BCUT2D eigenvalue weighted by molar-refractivity contribution is 5.35. The summed E-state index contributed by atoms with van der Waals surface area (Å²) in [5.41, 5.74) is 2.43. The van der Waals surface area contributed by atoms with Crippen molar-refractivity contribution in [1.82, 2.24) is 0 Å². The highest BCUT2D eigenvalue weighted by Gasteiger charge is 2.07. The van der Waals surface area contributed by atoms with Crippen LogP contribution in [0.15, 0.2) is 48.6 Å². The van der Waals surface area contributed by atoms with E-state index in [1.807, 2.05) is 45.0 Å². The molecule has 0 N–H and O–H groups in total. The van der Waals surface area contributed by atoms with Gasteiger partial charge in [-0.1, -0.05) is 44.2 Å². The minimum absolute atomic E-state index is 0.121. The second-order valence-electron chi connectivity index (χ2n) is 3.89. The zero-order chi connectivity index (χ0) is 14.0. The van der Waals surface area contributed by atoms with E-state index in [9.17, 15) is 0 Å². The number of allylic oxidation sites excluding steroid dienone is 2. The van der Waals surface area contributed by atoms with Crippen LogP contribution in [0.2, 0.25) is 0 Å². The zero-order valence-electron chi connectivity index (χ0n) is 12.4. The maximum absolute atomic E-state index is 5.93. The highest BCUT2D eigenvalue weighted by Crippen LogP contribution is 2.21. The lowest BCUT2D eigenvalue weighted by molar-refractivity contribution is 0.255. The average molecular weight is 246 g/mol. The second kappa shape index (κ2) is 9.52. The molecule has 18 heavy (non-hydrogen) atoms. The van der Waals surface area contributed by atoms with Crippen molar-refractivity contribution in [1.29, 1.82) is 0 Å². The molecule has 100 valence electrons. The minimum atomic E-state index is 0.121. The molecular weight excluding hydrogens is 220 g/mol. The summed E-state index contributed by atoms with van der Waals surface area (Å²) in [4.78, 5) is 0. The van der Waals surface area contributed by atoms with Gasteiger partial charge >= 0.3 is 0 Å². The number of rotatable bonds is 5.